The summed E-state index contributed by atoms with van der Waals surface area (Å²) in [6.07, 6.45) is 2.59. The molecule has 3 aliphatic rings. The number of amides is 4. The van der Waals surface area contributed by atoms with E-state index in [-0.39, 0.29) is 29.2 Å². The second-order valence-electron chi connectivity index (χ2n) is 9.65. The maximum atomic E-state index is 13.0. The Morgan fingerprint density at radius 2 is 1.85 bits per heavy atom. The second-order valence-corrected chi connectivity index (χ2v) is 9.65. The number of likely N-dealkylation sites (tertiary alicyclic amines) is 1. The first-order valence-electron chi connectivity index (χ1n) is 11.7. The van der Waals surface area contributed by atoms with Gasteiger partial charge in [-0.25, -0.2) is 4.79 Å². The van der Waals surface area contributed by atoms with Crippen molar-refractivity contribution in [2.75, 3.05) is 36.4 Å². The largest absolute Gasteiger partial charge is 0.339 e. The van der Waals surface area contributed by atoms with Crippen molar-refractivity contribution in [3.05, 3.63) is 59.2 Å². The topological polar surface area (TPSA) is 81.8 Å². The Labute approximate surface area is 194 Å². The van der Waals surface area contributed by atoms with Gasteiger partial charge in [-0.15, -0.1) is 0 Å². The van der Waals surface area contributed by atoms with E-state index in [1.165, 1.54) is 0 Å². The molecule has 1 spiro atoms. The van der Waals surface area contributed by atoms with Gasteiger partial charge in [0.1, 0.15) is 0 Å². The number of benzene rings is 2. The number of urea groups is 1. The quantitative estimate of drug-likeness (QED) is 0.751. The monoisotopic (exact) mass is 446 g/mol. The number of nitrogens with one attached hydrogen (secondary N) is 2. The van der Waals surface area contributed by atoms with Crippen LogP contribution in [0.2, 0.25) is 0 Å². The highest BCUT2D eigenvalue weighted by molar-refractivity contribution is 5.98. The molecule has 4 amide bonds. The van der Waals surface area contributed by atoms with E-state index in [2.05, 4.69) is 10.6 Å². The zero-order chi connectivity index (χ0) is 23.2. The molecule has 1 aliphatic carbocycles. The van der Waals surface area contributed by atoms with Crippen LogP contribution in [-0.4, -0.2) is 48.9 Å². The van der Waals surface area contributed by atoms with Crippen LogP contribution in [0.1, 0.15) is 40.7 Å². The van der Waals surface area contributed by atoms with Gasteiger partial charge in [0.25, 0.3) is 5.91 Å². The molecule has 2 N–H and O–H groups in total. The fraction of sp³-hybridized carbons (Fsp3) is 0.423. The van der Waals surface area contributed by atoms with Gasteiger partial charge in [-0.05, 0) is 68.4 Å². The zero-order valence-electron chi connectivity index (χ0n) is 19.2. The Balaban J connectivity index is 1.19. The first-order valence-corrected chi connectivity index (χ1v) is 11.7. The van der Waals surface area contributed by atoms with Crippen molar-refractivity contribution < 1.29 is 14.4 Å². The van der Waals surface area contributed by atoms with E-state index >= 15 is 0 Å². The molecule has 1 saturated carbocycles. The summed E-state index contributed by atoms with van der Waals surface area (Å²) in [6, 6.07) is 13.3. The summed E-state index contributed by atoms with van der Waals surface area (Å²) < 4.78 is 0. The van der Waals surface area contributed by atoms with Crippen molar-refractivity contribution in [1.82, 2.24) is 10.2 Å². The van der Waals surface area contributed by atoms with E-state index in [0.29, 0.717) is 31.9 Å². The average Bonchev–Trinajstić information content (AvgIpc) is 3.33. The fourth-order valence-electron chi connectivity index (χ4n) is 5.26. The molecule has 0 aromatic heterocycles. The van der Waals surface area contributed by atoms with E-state index in [1.54, 1.807) is 4.90 Å². The Morgan fingerprint density at radius 3 is 2.58 bits per heavy atom. The van der Waals surface area contributed by atoms with Gasteiger partial charge in [0.2, 0.25) is 5.91 Å². The lowest BCUT2D eigenvalue weighted by Gasteiger charge is -2.33. The lowest BCUT2D eigenvalue weighted by molar-refractivity contribution is -0.118. The van der Waals surface area contributed by atoms with Crippen LogP contribution in [-0.2, 0) is 4.79 Å². The minimum absolute atomic E-state index is 0.00889. The number of piperidine rings is 1. The van der Waals surface area contributed by atoms with Gasteiger partial charge in [-0.2, -0.15) is 0 Å². The van der Waals surface area contributed by atoms with Crippen molar-refractivity contribution in [3.8, 4) is 0 Å². The van der Waals surface area contributed by atoms with Crippen LogP contribution >= 0.6 is 0 Å². The third-order valence-electron chi connectivity index (χ3n) is 7.46. The highest BCUT2D eigenvalue weighted by Gasteiger charge is 2.58. The van der Waals surface area contributed by atoms with Crippen molar-refractivity contribution in [2.24, 2.45) is 11.3 Å². The summed E-state index contributed by atoms with van der Waals surface area (Å²) in [5.41, 5.74) is 4.37. The molecular weight excluding hydrogens is 416 g/mol. The molecule has 0 bridgehead atoms. The summed E-state index contributed by atoms with van der Waals surface area (Å²) in [5.74, 6) is 0.108. The van der Waals surface area contributed by atoms with Gasteiger partial charge < -0.3 is 15.5 Å². The molecule has 2 aromatic carbocycles. The number of rotatable bonds is 4. The summed E-state index contributed by atoms with van der Waals surface area (Å²) in [5, 5.41) is 5.84. The van der Waals surface area contributed by atoms with Gasteiger partial charge >= 0.3 is 6.03 Å². The van der Waals surface area contributed by atoms with Crippen LogP contribution in [0, 0.1) is 25.2 Å². The molecule has 7 heteroatoms. The normalized spacial score (nSPS) is 21.2. The Morgan fingerprint density at radius 1 is 1.06 bits per heavy atom. The summed E-state index contributed by atoms with van der Waals surface area (Å²) in [6.45, 7) is 6.61. The molecule has 5 rings (SSSR count). The van der Waals surface area contributed by atoms with E-state index in [1.807, 2.05) is 61.2 Å². The first-order chi connectivity index (χ1) is 15.9. The van der Waals surface area contributed by atoms with Crippen LogP contribution in [0.15, 0.2) is 42.5 Å². The van der Waals surface area contributed by atoms with Crippen LogP contribution in [0.3, 0.4) is 0 Å². The third-order valence-corrected chi connectivity index (χ3v) is 7.46. The average molecular weight is 447 g/mol. The molecule has 2 saturated heterocycles. The molecule has 7 nitrogen and oxygen atoms in total. The highest BCUT2D eigenvalue weighted by atomic mass is 16.2. The molecule has 0 radical (unpaired) electrons. The second kappa shape index (κ2) is 8.21. The third kappa shape index (κ3) is 4.08. The number of anilines is 2. The van der Waals surface area contributed by atoms with Crippen LogP contribution in [0.25, 0.3) is 0 Å². The smallest absolute Gasteiger partial charge is 0.321 e. The molecule has 3 fully saturated rings. The van der Waals surface area contributed by atoms with Gasteiger partial charge in [0, 0.05) is 49.0 Å². The maximum absolute atomic E-state index is 13.0. The van der Waals surface area contributed by atoms with Crippen LogP contribution in [0.5, 0.6) is 0 Å². The standard InChI is InChI=1S/C26H30N4O3/c1-17-6-7-18(2)21(14-17)24(32)29-11-8-26(9-12-29)16-22(26)23(31)28-19-4-3-5-20(15-19)30-13-10-27-25(30)33/h3-7,14-15,22H,8-13,16H2,1-2H3,(H,27,33)(H,28,31)/t22-/m1/s1. The minimum atomic E-state index is -0.109. The fourth-order valence-corrected chi connectivity index (χ4v) is 5.26. The zero-order valence-corrected chi connectivity index (χ0v) is 19.2. The molecule has 1 atom stereocenters. The maximum Gasteiger partial charge on any atom is 0.321 e. The Bertz CT molecular complexity index is 1120. The molecular formula is C26H30N4O3. The minimum Gasteiger partial charge on any atom is -0.339 e. The van der Waals surface area contributed by atoms with E-state index in [0.717, 1.165) is 41.6 Å². The number of nitrogens with zero attached hydrogens (tertiary/aromatic N) is 2. The van der Waals surface area contributed by atoms with E-state index in [9.17, 15) is 14.4 Å². The number of hydrogen-bond donors (Lipinski definition) is 2. The lowest BCUT2D eigenvalue weighted by Crippen LogP contribution is -2.40. The number of aryl methyl sites for hydroxylation is 2. The van der Waals surface area contributed by atoms with Crippen molar-refractivity contribution in [3.63, 3.8) is 0 Å². The van der Waals surface area contributed by atoms with E-state index < -0.39 is 0 Å². The summed E-state index contributed by atoms with van der Waals surface area (Å²) in [4.78, 5) is 41.6. The van der Waals surface area contributed by atoms with Gasteiger partial charge in [-0.1, -0.05) is 23.8 Å². The van der Waals surface area contributed by atoms with Crippen LogP contribution in [0.4, 0.5) is 16.2 Å². The van der Waals surface area contributed by atoms with Gasteiger partial charge in [0.15, 0.2) is 0 Å². The summed E-state index contributed by atoms with van der Waals surface area (Å²) in [7, 11) is 0. The predicted octanol–water partition coefficient (Wildman–Crippen LogP) is 3.71. The molecule has 172 valence electrons. The molecule has 0 unspecified atom stereocenters. The molecule has 2 heterocycles. The number of carbonyl (C=O) groups excluding carboxylic acids is 3. The summed E-state index contributed by atoms with van der Waals surface area (Å²) >= 11 is 0. The molecule has 2 aliphatic heterocycles. The number of hydrogen-bond acceptors (Lipinski definition) is 3. The highest BCUT2D eigenvalue weighted by Crippen LogP contribution is 2.59. The van der Waals surface area contributed by atoms with Crippen molar-refractivity contribution in [2.45, 2.75) is 33.1 Å². The SMILES string of the molecule is Cc1ccc(C)c(C(=O)N2CCC3(CC2)C[C@@H]3C(=O)Nc2cccc(N3CCNC3=O)c2)c1. The van der Waals surface area contributed by atoms with Crippen molar-refractivity contribution >= 4 is 29.2 Å². The van der Waals surface area contributed by atoms with Crippen molar-refractivity contribution in [1.29, 1.82) is 0 Å². The van der Waals surface area contributed by atoms with Gasteiger partial charge in [-0.3, -0.25) is 14.5 Å². The van der Waals surface area contributed by atoms with Crippen LogP contribution < -0.4 is 15.5 Å². The van der Waals surface area contributed by atoms with Gasteiger partial charge in [0.05, 0.1) is 0 Å². The molecule has 33 heavy (non-hydrogen) atoms. The first kappa shape index (κ1) is 21.5. The lowest BCUT2D eigenvalue weighted by atomic mass is 9.90. The van der Waals surface area contributed by atoms with E-state index in [4.69, 9.17) is 0 Å². The predicted molar refractivity (Wildman–Crippen MR) is 127 cm³/mol. The molecule has 2 aromatic rings. The Kier molecular flexibility index (Phi) is 5.35. The Hall–Kier alpha value is -3.35. The number of carbonyl (C=O) groups is 3.